The van der Waals surface area contributed by atoms with Gasteiger partial charge >= 0.3 is 0 Å². The third kappa shape index (κ3) is 6.82. The Morgan fingerprint density at radius 1 is 0.158 bits per heavy atom. The van der Waals surface area contributed by atoms with Crippen molar-refractivity contribution in [1.82, 2.24) is 0 Å². The number of hydrogen-bond donors (Lipinski definition) is 0. The predicted molar refractivity (Wildman–Crippen MR) is 332 cm³/mol. The molecule has 14 aromatic carbocycles. The largest absolute Gasteiger partial charge is 0.135 e. The quantitative estimate of drug-likeness (QED) is 0.146. The molecule has 0 N–H and O–H groups in total. The molecule has 2 heteroatoms. The van der Waals surface area contributed by atoms with Crippen LogP contribution in [0.4, 0.5) is 0 Å². The number of rotatable bonds is 6. The van der Waals surface area contributed by atoms with Crippen LogP contribution in [0.2, 0.25) is 0 Å². The topological polar surface area (TPSA) is 0 Å². The highest BCUT2D eigenvalue weighted by atomic mass is 32.1. The van der Waals surface area contributed by atoms with Gasteiger partial charge in [0.2, 0.25) is 0 Å². The van der Waals surface area contributed by atoms with E-state index in [0.29, 0.717) is 0 Å². The third-order valence-electron chi connectivity index (χ3n) is 16.0. The second-order valence-corrected chi connectivity index (χ2v) is 22.4. The van der Waals surface area contributed by atoms with Gasteiger partial charge in [-0.05, 0) is 169 Å². The summed E-state index contributed by atoms with van der Waals surface area (Å²) in [6.07, 6.45) is 0. The van der Waals surface area contributed by atoms with E-state index < -0.39 is 0 Å². The Labute approximate surface area is 447 Å². The average molecular weight is 997 g/mol. The van der Waals surface area contributed by atoms with E-state index in [2.05, 4.69) is 267 Å². The molecule has 0 bridgehead atoms. The zero-order chi connectivity index (χ0) is 49.8. The lowest BCUT2D eigenvalue weighted by molar-refractivity contribution is 1.63. The SMILES string of the molecule is c1ccc(-c2c3ccccc3c(-c3cccc(-c4ccc5c(c4)sc4cc6cc7sc8cc(-c9cccc(-c%10c%11ccccc%11c(-c%11ccccc%11)c%11ccccc%10%11)c9)ccc8c7cc6cc45)c3)c3ccccc23)cc1. The Morgan fingerprint density at radius 3 is 0.803 bits per heavy atom. The molecular weight excluding hydrogens is 953 g/mol. The Morgan fingerprint density at radius 2 is 0.434 bits per heavy atom. The number of thiophene rings is 2. The van der Waals surface area contributed by atoms with E-state index in [1.54, 1.807) is 0 Å². The van der Waals surface area contributed by atoms with E-state index in [-0.39, 0.29) is 0 Å². The Balaban J connectivity index is 0.754. The summed E-state index contributed by atoms with van der Waals surface area (Å²) < 4.78 is 5.27. The van der Waals surface area contributed by atoms with Crippen molar-refractivity contribution < 1.29 is 0 Å². The van der Waals surface area contributed by atoms with Crippen LogP contribution < -0.4 is 0 Å². The molecule has 352 valence electrons. The van der Waals surface area contributed by atoms with Crippen LogP contribution in [0.5, 0.6) is 0 Å². The van der Waals surface area contributed by atoms with Gasteiger partial charge in [-0.15, -0.1) is 22.7 Å². The molecule has 0 fully saturated rings. The average Bonchev–Trinajstić information content (AvgIpc) is 4.09. The van der Waals surface area contributed by atoms with Gasteiger partial charge in [-0.1, -0.05) is 218 Å². The van der Waals surface area contributed by atoms with Gasteiger partial charge in [0, 0.05) is 40.3 Å². The molecule has 0 saturated heterocycles. The molecule has 0 saturated carbocycles. The van der Waals surface area contributed by atoms with E-state index in [1.165, 1.54) is 161 Å². The first kappa shape index (κ1) is 43.2. The summed E-state index contributed by atoms with van der Waals surface area (Å²) in [5.41, 5.74) is 15.0. The number of benzene rings is 14. The maximum Gasteiger partial charge on any atom is 0.0361 e. The zero-order valence-corrected chi connectivity index (χ0v) is 42.9. The lowest BCUT2D eigenvalue weighted by Crippen LogP contribution is -1.91. The van der Waals surface area contributed by atoms with Gasteiger partial charge in [0.25, 0.3) is 0 Å². The minimum Gasteiger partial charge on any atom is -0.135 e. The predicted octanol–water partition coefficient (Wildman–Crippen LogP) is 22.2. The summed E-state index contributed by atoms with van der Waals surface area (Å²) in [7, 11) is 0. The fourth-order valence-electron chi connectivity index (χ4n) is 12.6. The summed E-state index contributed by atoms with van der Waals surface area (Å²) in [5, 5.41) is 18.0. The molecule has 2 heterocycles. The van der Waals surface area contributed by atoms with Crippen molar-refractivity contribution in [2.75, 3.05) is 0 Å². The maximum absolute atomic E-state index is 2.43. The molecule has 76 heavy (non-hydrogen) atoms. The number of hydrogen-bond acceptors (Lipinski definition) is 2. The highest BCUT2D eigenvalue weighted by molar-refractivity contribution is 7.26. The van der Waals surface area contributed by atoms with Crippen molar-refractivity contribution in [3.63, 3.8) is 0 Å². The van der Waals surface area contributed by atoms with Crippen LogP contribution in [-0.2, 0) is 0 Å². The Bertz CT molecular complexity index is 4610. The maximum atomic E-state index is 2.43. The molecule has 2 aromatic heterocycles. The first-order valence-electron chi connectivity index (χ1n) is 26.1. The fourth-order valence-corrected chi connectivity index (χ4v) is 14.9. The zero-order valence-electron chi connectivity index (χ0n) is 41.2. The summed E-state index contributed by atoms with van der Waals surface area (Å²) in [6, 6.07) is 99.6. The normalized spacial score (nSPS) is 11.9. The fraction of sp³-hybridized carbons (Fsp3) is 0. The van der Waals surface area contributed by atoms with Crippen LogP contribution in [0.25, 0.3) is 161 Å². The van der Waals surface area contributed by atoms with Crippen molar-refractivity contribution >= 4 is 117 Å². The molecule has 16 rings (SSSR count). The molecule has 0 aliphatic carbocycles. The molecule has 0 aliphatic rings. The van der Waals surface area contributed by atoms with Crippen molar-refractivity contribution in [1.29, 1.82) is 0 Å². The second kappa shape index (κ2) is 17.2. The van der Waals surface area contributed by atoms with Crippen LogP contribution >= 0.6 is 22.7 Å². The van der Waals surface area contributed by atoms with E-state index >= 15 is 0 Å². The smallest absolute Gasteiger partial charge is 0.0361 e. The summed E-state index contributed by atoms with van der Waals surface area (Å²) in [6.45, 7) is 0. The van der Waals surface area contributed by atoms with Gasteiger partial charge in [-0.2, -0.15) is 0 Å². The molecule has 0 unspecified atom stereocenters. The van der Waals surface area contributed by atoms with Crippen LogP contribution in [-0.4, -0.2) is 0 Å². The van der Waals surface area contributed by atoms with Crippen LogP contribution in [0, 0.1) is 0 Å². The Kier molecular flexibility index (Phi) is 9.78. The standard InChI is InChI=1S/C74H44S2/c1-3-17-45(18-4-1)71-57-25-7-11-29-61(57)73(62-30-12-8-26-58(62)71)51-23-15-21-47(37-51)49-33-35-55-65-39-53-40-66-56-36-34-50(42-68(56)76-70(66)44-54(53)43-69(65)75-67(55)41-49)48-22-16-24-52(38-48)74-63-31-13-9-27-59(63)72(46-19-5-2-6-20-46)60-28-10-14-32-64(60)74/h1-44H. The first-order chi connectivity index (χ1) is 37.7. The molecule has 16 aromatic rings. The van der Waals surface area contributed by atoms with E-state index in [9.17, 15) is 0 Å². The lowest BCUT2D eigenvalue weighted by atomic mass is 9.85. The second-order valence-electron chi connectivity index (χ2n) is 20.2. The van der Waals surface area contributed by atoms with Gasteiger partial charge < -0.3 is 0 Å². The van der Waals surface area contributed by atoms with Crippen molar-refractivity contribution in [2.45, 2.75) is 0 Å². The molecule has 0 radical (unpaired) electrons. The van der Waals surface area contributed by atoms with Crippen LogP contribution in [0.3, 0.4) is 0 Å². The van der Waals surface area contributed by atoms with Gasteiger partial charge in [0.1, 0.15) is 0 Å². The highest BCUT2D eigenvalue weighted by Gasteiger charge is 2.20. The van der Waals surface area contributed by atoms with Gasteiger partial charge in [-0.25, -0.2) is 0 Å². The molecular formula is C74H44S2. The monoisotopic (exact) mass is 996 g/mol. The molecule has 0 nitrogen and oxygen atoms in total. The van der Waals surface area contributed by atoms with E-state index in [4.69, 9.17) is 0 Å². The molecule has 0 aliphatic heterocycles. The number of fused-ring (bicyclic) bond motifs is 11. The lowest BCUT2D eigenvalue weighted by Gasteiger charge is -2.18. The minimum absolute atomic E-state index is 1.22. The molecule has 0 amide bonds. The van der Waals surface area contributed by atoms with Crippen molar-refractivity contribution in [2.24, 2.45) is 0 Å². The first-order valence-corrected chi connectivity index (χ1v) is 27.8. The van der Waals surface area contributed by atoms with E-state index in [0.717, 1.165) is 0 Å². The summed E-state index contributed by atoms with van der Waals surface area (Å²) >= 11 is 3.80. The van der Waals surface area contributed by atoms with Crippen LogP contribution in [0.15, 0.2) is 267 Å². The Hall–Kier alpha value is -9.18. The molecule has 0 spiro atoms. The van der Waals surface area contributed by atoms with Gasteiger partial charge in [0.05, 0.1) is 0 Å². The van der Waals surface area contributed by atoms with Gasteiger partial charge in [0.15, 0.2) is 0 Å². The third-order valence-corrected chi connectivity index (χ3v) is 18.2. The van der Waals surface area contributed by atoms with Crippen LogP contribution in [0.1, 0.15) is 0 Å². The van der Waals surface area contributed by atoms with Crippen molar-refractivity contribution in [3.8, 4) is 66.8 Å². The highest BCUT2D eigenvalue weighted by Crippen LogP contribution is 2.48. The summed E-state index contributed by atoms with van der Waals surface area (Å²) in [4.78, 5) is 0. The minimum atomic E-state index is 1.22. The molecule has 0 atom stereocenters. The van der Waals surface area contributed by atoms with Gasteiger partial charge in [-0.3, -0.25) is 0 Å². The summed E-state index contributed by atoms with van der Waals surface area (Å²) in [5.74, 6) is 0. The van der Waals surface area contributed by atoms with Crippen molar-refractivity contribution in [3.05, 3.63) is 267 Å². The van der Waals surface area contributed by atoms with E-state index in [1.807, 2.05) is 22.7 Å².